The van der Waals surface area contributed by atoms with E-state index in [-0.39, 0.29) is 16.6 Å². The maximum absolute atomic E-state index is 12.3. The van der Waals surface area contributed by atoms with E-state index in [9.17, 15) is 18.5 Å². The number of hydrogen-bond donors (Lipinski definition) is 1. The first kappa shape index (κ1) is 16.9. The third kappa shape index (κ3) is 4.25. The van der Waals surface area contributed by atoms with Gasteiger partial charge in [-0.05, 0) is 45.0 Å². The Morgan fingerprint density at radius 1 is 1.36 bits per heavy atom. The highest BCUT2D eigenvalue weighted by molar-refractivity contribution is 7.89. The van der Waals surface area contributed by atoms with Crippen molar-refractivity contribution in [2.45, 2.75) is 37.1 Å². The molecule has 1 heterocycles. The highest BCUT2D eigenvalue weighted by Crippen LogP contribution is 2.19. The first-order valence-electron chi connectivity index (χ1n) is 7.41. The lowest BCUT2D eigenvalue weighted by Crippen LogP contribution is -2.44. The number of piperidine rings is 1. The monoisotopic (exact) mass is 327 g/mol. The highest BCUT2D eigenvalue weighted by atomic mass is 32.2. The second kappa shape index (κ2) is 7.17. The number of non-ortho nitro benzene ring substituents is 1. The number of sulfonamides is 1. The van der Waals surface area contributed by atoms with E-state index in [4.69, 9.17) is 0 Å². The molecule has 2 rings (SSSR count). The lowest BCUT2D eigenvalue weighted by molar-refractivity contribution is -0.385. The average Bonchev–Trinajstić information content (AvgIpc) is 2.49. The van der Waals surface area contributed by atoms with E-state index in [1.165, 1.54) is 18.2 Å². The summed E-state index contributed by atoms with van der Waals surface area (Å²) in [7, 11) is -3.72. The fraction of sp³-hybridized carbons (Fsp3) is 0.571. The van der Waals surface area contributed by atoms with Crippen LogP contribution in [0.25, 0.3) is 0 Å². The van der Waals surface area contributed by atoms with Gasteiger partial charge in [0.05, 0.1) is 9.82 Å². The Morgan fingerprint density at radius 3 is 2.64 bits per heavy atom. The summed E-state index contributed by atoms with van der Waals surface area (Å²) < 4.78 is 27.3. The molecule has 0 radical (unpaired) electrons. The minimum atomic E-state index is -3.72. The second-order valence-electron chi connectivity index (χ2n) is 5.49. The van der Waals surface area contributed by atoms with E-state index in [2.05, 4.69) is 16.5 Å². The van der Waals surface area contributed by atoms with Gasteiger partial charge in [0.1, 0.15) is 0 Å². The van der Waals surface area contributed by atoms with Crippen molar-refractivity contribution in [3.8, 4) is 0 Å². The summed E-state index contributed by atoms with van der Waals surface area (Å²) in [6.45, 7) is 4.90. The van der Waals surface area contributed by atoms with Crippen LogP contribution in [0.1, 0.15) is 26.2 Å². The molecule has 0 aliphatic carbocycles. The quantitative estimate of drug-likeness (QED) is 0.635. The SMILES string of the molecule is CCCN1CCC(NS(=O)(=O)c2cccc([N+](=O)[O-])c2)CC1. The van der Waals surface area contributed by atoms with Crippen LogP contribution in [0.15, 0.2) is 29.2 Å². The molecule has 8 heteroatoms. The third-order valence-electron chi connectivity index (χ3n) is 3.79. The molecule has 0 amide bonds. The molecule has 0 bridgehead atoms. The molecular weight excluding hydrogens is 306 g/mol. The largest absolute Gasteiger partial charge is 0.303 e. The van der Waals surface area contributed by atoms with Gasteiger partial charge in [-0.3, -0.25) is 10.1 Å². The molecular formula is C14H21N3O4S. The van der Waals surface area contributed by atoms with E-state index in [0.29, 0.717) is 0 Å². The molecule has 0 unspecified atom stereocenters. The van der Waals surface area contributed by atoms with Gasteiger partial charge < -0.3 is 4.90 Å². The third-order valence-corrected chi connectivity index (χ3v) is 5.31. The van der Waals surface area contributed by atoms with Gasteiger partial charge in [-0.2, -0.15) is 0 Å². The van der Waals surface area contributed by atoms with Crippen LogP contribution in [-0.2, 0) is 10.0 Å². The zero-order chi connectivity index (χ0) is 16.2. The number of benzene rings is 1. The molecule has 1 aliphatic heterocycles. The van der Waals surface area contributed by atoms with Crippen molar-refractivity contribution in [1.29, 1.82) is 0 Å². The molecule has 0 spiro atoms. The fourth-order valence-electron chi connectivity index (χ4n) is 2.64. The molecule has 1 aromatic carbocycles. The summed E-state index contributed by atoms with van der Waals surface area (Å²) in [5, 5.41) is 10.8. The minimum Gasteiger partial charge on any atom is -0.303 e. The van der Waals surface area contributed by atoms with Crippen molar-refractivity contribution >= 4 is 15.7 Å². The van der Waals surface area contributed by atoms with Crippen LogP contribution in [0, 0.1) is 10.1 Å². The van der Waals surface area contributed by atoms with Crippen molar-refractivity contribution in [2.24, 2.45) is 0 Å². The molecule has 0 saturated carbocycles. The van der Waals surface area contributed by atoms with Gasteiger partial charge in [0.15, 0.2) is 0 Å². The molecule has 0 atom stereocenters. The Morgan fingerprint density at radius 2 is 2.05 bits per heavy atom. The van der Waals surface area contributed by atoms with Gasteiger partial charge in [-0.1, -0.05) is 13.0 Å². The summed E-state index contributed by atoms with van der Waals surface area (Å²) >= 11 is 0. The van der Waals surface area contributed by atoms with Gasteiger partial charge >= 0.3 is 0 Å². The smallest absolute Gasteiger partial charge is 0.270 e. The first-order valence-corrected chi connectivity index (χ1v) is 8.90. The summed E-state index contributed by atoms with van der Waals surface area (Å²) in [5.41, 5.74) is -0.222. The molecule has 0 aromatic heterocycles. The molecule has 1 fully saturated rings. The van der Waals surface area contributed by atoms with Gasteiger partial charge in [0, 0.05) is 18.2 Å². The van der Waals surface area contributed by atoms with Crippen molar-refractivity contribution < 1.29 is 13.3 Å². The summed E-state index contributed by atoms with van der Waals surface area (Å²) in [5.74, 6) is 0. The minimum absolute atomic E-state index is 0.0577. The molecule has 1 aromatic rings. The number of nitrogens with zero attached hydrogens (tertiary/aromatic N) is 2. The number of nitro groups is 1. The lowest BCUT2D eigenvalue weighted by atomic mass is 10.1. The van der Waals surface area contributed by atoms with Crippen molar-refractivity contribution in [1.82, 2.24) is 9.62 Å². The molecule has 7 nitrogen and oxygen atoms in total. The van der Waals surface area contributed by atoms with Gasteiger partial charge in [0.25, 0.3) is 5.69 Å². The van der Waals surface area contributed by atoms with E-state index < -0.39 is 14.9 Å². The van der Waals surface area contributed by atoms with Crippen LogP contribution in [0.5, 0.6) is 0 Å². The van der Waals surface area contributed by atoms with Crippen molar-refractivity contribution in [3.63, 3.8) is 0 Å². The van der Waals surface area contributed by atoms with Crippen LogP contribution in [0.2, 0.25) is 0 Å². The molecule has 22 heavy (non-hydrogen) atoms. The lowest BCUT2D eigenvalue weighted by Gasteiger charge is -2.31. The van der Waals surface area contributed by atoms with Crippen LogP contribution >= 0.6 is 0 Å². The van der Waals surface area contributed by atoms with Gasteiger partial charge in [0.2, 0.25) is 10.0 Å². The molecule has 122 valence electrons. The average molecular weight is 327 g/mol. The first-order chi connectivity index (χ1) is 10.4. The van der Waals surface area contributed by atoms with Crippen LogP contribution < -0.4 is 4.72 Å². The maximum Gasteiger partial charge on any atom is 0.270 e. The van der Waals surface area contributed by atoms with Crippen LogP contribution in [0.4, 0.5) is 5.69 Å². The Labute approximate surface area is 130 Å². The molecule has 1 saturated heterocycles. The maximum atomic E-state index is 12.3. The Bertz CT molecular complexity index is 625. The predicted octanol–water partition coefficient (Wildman–Crippen LogP) is 1.75. The van der Waals surface area contributed by atoms with Crippen LogP contribution in [0.3, 0.4) is 0 Å². The molecule has 1 aliphatic rings. The van der Waals surface area contributed by atoms with Gasteiger partial charge in [-0.15, -0.1) is 0 Å². The van der Waals surface area contributed by atoms with Crippen LogP contribution in [-0.4, -0.2) is 43.9 Å². The highest BCUT2D eigenvalue weighted by Gasteiger charge is 2.25. The zero-order valence-electron chi connectivity index (χ0n) is 12.6. The Balaban J connectivity index is 2.03. The van der Waals surface area contributed by atoms with E-state index in [0.717, 1.165) is 45.0 Å². The fourth-order valence-corrected chi connectivity index (χ4v) is 3.99. The predicted molar refractivity (Wildman–Crippen MR) is 83.2 cm³/mol. The van der Waals surface area contributed by atoms with E-state index >= 15 is 0 Å². The van der Waals surface area contributed by atoms with Gasteiger partial charge in [-0.25, -0.2) is 13.1 Å². The number of likely N-dealkylation sites (tertiary alicyclic amines) is 1. The summed E-state index contributed by atoms with van der Waals surface area (Å²) in [4.78, 5) is 12.4. The standard InChI is InChI=1S/C14H21N3O4S/c1-2-8-16-9-6-12(7-10-16)15-22(20,21)14-5-3-4-13(11-14)17(18)19/h3-5,11-12,15H,2,6-10H2,1H3. The zero-order valence-corrected chi connectivity index (χ0v) is 13.4. The topological polar surface area (TPSA) is 92.6 Å². The number of nitrogens with one attached hydrogen (secondary N) is 1. The Hall–Kier alpha value is -1.51. The summed E-state index contributed by atoms with van der Waals surface area (Å²) in [6, 6.07) is 5.02. The van der Waals surface area contributed by atoms with Crippen molar-refractivity contribution in [2.75, 3.05) is 19.6 Å². The normalized spacial score (nSPS) is 17.5. The number of hydrogen-bond acceptors (Lipinski definition) is 5. The molecule has 1 N–H and O–H groups in total. The van der Waals surface area contributed by atoms with Crippen molar-refractivity contribution in [3.05, 3.63) is 34.4 Å². The Kier molecular flexibility index (Phi) is 5.49. The second-order valence-corrected chi connectivity index (χ2v) is 7.21. The number of nitro benzene ring substituents is 1. The van der Waals surface area contributed by atoms with E-state index in [1.54, 1.807) is 0 Å². The van der Waals surface area contributed by atoms with E-state index in [1.807, 2.05) is 0 Å². The summed E-state index contributed by atoms with van der Waals surface area (Å²) in [6.07, 6.45) is 2.60. The number of rotatable bonds is 6.